The zero-order chi connectivity index (χ0) is 14.4. The van der Waals surface area contributed by atoms with Crippen LogP contribution in [-0.4, -0.2) is 10.2 Å². The molecule has 0 amide bonds. The number of ether oxygens (including phenoxy) is 1. The number of phenolic OH excluding ortho intramolecular Hbond substituents is 2. The molecular formula is C18H18O3. The molecule has 2 aromatic carbocycles. The van der Waals surface area contributed by atoms with E-state index in [2.05, 4.69) is 0 Å². The predicted octanol–water partition coefficient (Wildman–Crippen LogP) is 4.12. The van der Waals surface area contributed by atoms with Crippen LogP contribution in [0, 0.1) is 5.92 Å². The van der Waals surface area contributed by atoms with Gasteiger partial charge in [0.05, 0.1) is 0 Å². The third-order valence-corrected chi connectivity index (χ3v) is 4.80. The number of hydrogen-bond acceptors (Lipinski definition) is 3. The Hall–Kier alpha value is -2.16. The quantitative estimate of drug-likeness (QED) is 0.827. The average Bonchev–Trinajstić information content (AvgIpc) is 2.96. The fourth-order valence-corrected chi connectivity index (χ4v) is 3.91. The molecule has 1 saturated carbocycles. The Balaban J connectivity index is 1.79. The number of benzene rings is 2. The van der Waals surface area contributed by atoms with Crippen LogP contribution in [0.15, 0.2) is 42.5 Å². The monoisotopic (exact) mass is 282 g/mol. The second kappa shape index (κ2) is 4.69. The Kier molecular flexibility index (Phi) is 2.81. The summed E-state index contributed by atoms with van der Waals surface area (Å²) in [5.41, 5.74) is 2.17. The van der Waals surface area contributed by atoms with Crippen molar-refractivity contribution in [3.8, 4) is 17.2 Å². The van der Waals surface area contributed by atoms with Crippen molar-refractivity contribution in [2.24, 2.45) is 5.92 Å². The molecule has 0 aromatic heterocycles. The minimum absolute atomic E-state index is 0.0124. The standard InChI is InChI=1S/C18H18O3/c19-12-4-1-3-11(9-12)18-15-6-2-5-14(15)16-10-13(20)7-8-17(16)21-18/h1,3-4,7-10,14-15,18-20H,2,5-6H2/t14-,15+,18+/m0/s1. The fraction of sp³-hybridized carbons (Fsp3) is 0.333. The lowest BCUT2D eigenvalue weighted by atomic mass is 9.80. The smallest absolute Gasteiger partial charge is 0.127 e. The Morgan fingerprint density at radius 3 is 2.67 bits per heavy atom. The molecule has 3 nitrogen and oxygen atoms in total. The number of phenols is 2. The van der Waals surface area contributed by atoms with Crippen molar-refractivity contribution in [3.63, 3.8) is 0 Å². The maximum atomic E-state index is 9.74. The molecule has 0 spiro atoms. The third kappa shape index (κ3) is 2.04. The predicted molar refractivity (Wildman–Crippen MR) is 79.7 cm³/mol. The van der Waals surface area contributed by atoms with Crippen LogP contribution >= 0.6 is 0 Å². The number of aromatic hydroxyl groups is 2. The summed E-state index contributed by atoms with van der Waals surface area (Å²) in [4.78, 5) is 0. The lowest BCUT2D eigenvalue weighted by Crippen LogP contribution is -2.26. The molecule has 1 heterocycles. The molecule has 0 unspecified atom stereocenters. The van der Waals surface area contributed by atoms with Crippen molar-refractivity contribution in [3.05, 3.63) is 53.6 Å². The normalized spacial score (nSPS) is 26.8. The first-order valence-corrected chi connectivity index (χ1v) is 7.51. The average molecular weight is 282 g/mol. The van der Waals surface area contributed by atoms with Gasteiger partial charge in [0.15, 0.2) is 0 Å². The first-order valence-electron chi connectivity index (χ1n) is 7.51. The van der Waals surface area contributed by atoms with Gasteiger partial charge in [0.2, 0.25) is 0 Å². The van der Waals surface area contributed by atoms with Gasteiger partial charge < -0.3 is 14.9 Å². The van der Waals surface area contributed by atoms with Crippen LogP contribution in [0.2, 0.25) is 0 Å². The molecule has 3 atom stereocenters. The molecule has 1 aliphatic carbocycles. The summed E-state index contributed by atoms with van der Waals surface area (Å²) in [6.07, 6.45) is 3.44. The summed E-state index contributed by atoms with van der Waals surface area (Å²) in [6.45, 7) is 0. The Morgan fingerprint density at radius 1 is 0.952 bits per heavy atom. The Morgan fingerprint density at radius 2 is 1.81 bits per heavy atom. The van der Waals surface area contributed by atoms with Gasteiger partial charge in [0, 0.05) is 11.5 Å². The molecule has 2 aromatic rings. The Bertz CT molecular complexity index is 680. The van der Waals surface area contributed by atoms with Crippen LogP contribution in [0.1, 0.15) is 42.4 Å². The molecule has 0 saturated heterocycles. The maximum Gasteiger partial charge on any atom is 0.127 e. The first kappa shape index (κ1) is 12.6. The van der Waals surface area contributed by atoms with Crippen molar-refractivity contribution >= 4 is 0 Å². The highest BCUT2D eigenvalue weighted by atomic mass is 16.5. The van der Waals surface area contributed by atoms with Crippen LogP contribution in [0.3, 0.4) is 0 Å². The zero-order valence-corrected chi connectivity index (χ0v) is 11.7. The Labute approximate surface area is 123 Å². The summed E-state index contributed by atoms with van der Waals surface area (Å²) >= 11 is 0. The van der Waals surface area contributed by atoms with E-state index in [-0.39, 0.29) is 11.9 Å². The number of fused-ring (bicyclic) bond motifs is 3. The van der Waals surface area contributed by atoms with E-state index < -0.39 is 0 Å². The summed E-state index contributed by atoms with van der Waals surface area (Å²) < 4.78 is 6.22. The van der Waals surface area contributed by atoms with Crippen molar-refractivity contribution in [2.45, 2.75) is 31.3 Å². The lowest BCUT2D eigenvalue weighted by molar-refractivity contribution is 0.104. The maximum absolute atomic E-state index is 9.74. The first-order chi connectivity index (χ1) is 10.2. The second-order valence-electron chi connectivity index (χ2n) is 6.06. The SMILES string of the molecule is Oc1cccc([C@H]2Oc3ccc(O)cc3[C@H]3CCC[C@H]32)c1. The van der Waals surface area contributed by atoms with Gasteiger partial charge in [-0.15, -0.1) is 0 Å². The van der Waals surface area contributed by atoms with E-state index >= 15 is 0 Å². The highest BCUT2D eigenvalue weighted by molar-refractivity contribution is 5.45. The van der Waals surface area contributed by atoms with Gasteiger partial charge in [0.1, 0.15) is 23.4 Å². The molecule has 1 aliphatic heterocycles. The minimum Gasteiger partial charge on any atom is -0.508 e. The van der Waals surface area contributed by atoms with Gasteiger partial charge in [-0.1, -0.05) is 18.6 Å². The van der Waals surface area contributed by atoms with E-state index in [0.717, 1.165) is 29.7 Å². The van der Waals surface area contributed by atoms with E-state index in [1.807, 2.05) is 24.3 Å². The highest BCUT2D eigenvalue weighted by Crippen LogP contribution is 2.54. The summed E-state index contributed by atoms with van der Waals surface area (Å²) in [5.74, 6) is 2.31. The summed E-state index contributed by atoms with van der Waals surface area (Å²) in [6, 6.07) is 12.7. The van der Waals surface area contributed by atoms with Gasteiger partial charge >= 0.3 is 0 Å². The second-order valence-corrected chi connectivity index (χ2v) is 6.06. The largest absolute Gasteiger partial charge is 0.508 e. The van der Waals surface area contributed by atoms with E-state index in [0.29, 0.717) is 17.6 Å². The molecule has 4 rings (SSSR count). The van der Waals surface area contributed by atoms with Gasteiger partial charge in [-0.3, -0.25) is 0 Å². The van der Waals surface area contributed by atoms with Crippen molar-refractivity contribution in [2.75, 3.05) is 0 Å². The molecule has 0 radical (unpaired) electrons. The number of rotatable bonds is 1. The third-order valence-electron chi connectivity index (χ3n) is 4.80. The van der Waals surface area contributed by atoms with Crippen molar-refractivity contribution < 1.29 is 14.9 Å². The van der Waals surface area contributed by atoms with Crippen LogP contribution in [0.25, 0.3) is 0 Å². The van der Waals surface area contributed by atoms with E-state index in [4.69, 9.17) is 4.74 Å². The van der Waals surface area contributed by atoms with E-state index in [9.17, 15) is 10.2 Å². The van der Waals surface area contributed by atoms with Gasteiger partial charge in [-0.2, -0.15) is 0 Å². The molecule has 21 heavy (non-hydrogen) atoms. The topological polar surface area (TPSA) is 49.7 Å². The summed E-state index contributed by atoms with van der Waals surface area (Å²) in [5, 5.41) is 19.5. The van der Waals surface area contributed by atoms with Gasteiger partial charge in [-0.25, -0.2) is 0 Å². The molecule has 108 valence electrons. The fourth-order valence-electron chi connectivity index (χ4n) is 3.91. The van der Waals surface area contributed by atoms with Crippen LogP contribution in [-0.2, 0) is 0 Å². The van der Waals surface area contributed by atoms with Crippen molar-refractivity contribution in [1.29, 1.82) is 0 Å². The van der Waals surface area contributed by atoms with Crippen LogP contribution in [0.5, 0.6) is 17.2 Å². The molecular weight excluding hydrogens is 264 g/mol. The lowest BCUT2D eigenvalue weighted by Gasteiger charge is -2.36. The molecule has 2 N–H and O–H groups in total. The summed E-state index contributed by atoms with van der Waals surface area (Å²) in [7, 11) is 0. The van der Waals surface area contributed by atoms with E-state index in [1.54, 1.807) is 18.2 Å². The van der Waals surface area contributed by atoms with E-state index in [1.165, 1.54) is 6.42 Å². The minimum atomic E-state index is -0.0124. The molecule has 2 aliphatic rings. The molecule has 1 fully saturated rings. The number of hydrogen-bond donors (Lipinski definition) is 2. The van der Waals surface area contributed by atoms with Crippen LogP contribution < -0.4 is 4.74 Å². The highest BCUT2D eigenvalue weighted by Gasteiger charge is 2.42. The molecule has 0 bridgehead atoms. The van der Waals surface area contributed by atoms with Gasteiger partial charge in [0.25, 0.3) is 0 Å². The van der Waals surface area contributed by atoms with Crippen molar-refractivity contribution in [1.82, 2.24) is 0 Å². The van der Waals surface area contributed by atoms with Crippen LogP contribution in [0.4, 0.5) is 0 Å². The zero-order valence-electron chi connectivity index (χ0n) is 11.7. The molecule has 3 heteroatoms. The van der Waals surface area contributed by atoms with Gasteiger partial charge in [-0.05, 0) is 54.7 Å².